The second kappa shape index (κ2) is 7.63. The first-order valence-corrected chi connectivity index (χ1v) is 10.5. The lowest BCUT2D eigenvalue weighted by Crippen LogP contribution is -2.55. The van der Waals surface area contributed by atoms with E-state index < -0.39 is 0 Å². The molecule has 3 aromatic rings. The van der Waals surface area contributed by atoms with Gasteiger partial charge < -0.3 is 14.8 Å². The molecule has 2 aromatic heterocycles. The highest BCUT2D eigenvalue weighted by atomic mass is 16.2. The predicted octanol–water partition coefficient (Wildman–Crippen LogP) is 4.31. The number of amides is 2. The number of fused-ring (bicyclic) bond motifs is 1. The van der Waals surface area contributed by atoms with Crippen LogP contribution in [0.15, 0.2) is 36.5 Å². The van der Waals surface area contributed by atoms with Gasteiger partial charge >= 0.3 is 6.03 Å². The second-order valence-electron chi connectivity index (χ2n) is 9.13. The lowest BCUT2D eigenvalue weighted by atomic mass is 9.87. The molecule has 158 valence electrons. The molecule has 7 heteroatoms. The number of H-pyrrole nitrogens is 1. The molecule has 30 heavy (non-hydrogen) atoms. The number of anilines is 2. The van der Waals surface area contributed by atoms with Crippen molar-refractivity contribution in [1.82, 2.24) is 19.9 Å². The molecule has 2 amide bonds. The molecule has 0 saturated carbocycles. The summed E-state index contributed by atoms with van der Waals surface area (Å²) in [5.74, 6) is 1.48. The Labute approximate surface area is 177 Å². The van der Waals surface area contributed by atoms with E-state index in [1.54, 1.807) is 0 Å². The molecule has 0 spiro atoms. The predicted molar refractivity (Wildman–Crippen MR) is 121 cm³/mol. The molecule has 0 radical (unpaired) electrons. The number of pyridine rings is 1. The van der Waals surface area contributed by atoms with Crippen LogP contribution in [0.25, 0.3) is 11.0 Å². The topological polar surface area (TPSA) is 77.2 Å². The summed E-state index contributed by atoms with van der Waals surface area (Å²) in [4.78, 5) is 29.3. The van der Waals surface area contributed by atoms with Crippen molar-refractivity contribution in [3.05, 3.63) is 47.7 Å². The van der Waals surface area contributed by atoms with E-state index in [1.165, 1.54) is 5.56 Å². The smallest absolute Gasteiger partial charge is 0.324 e. The molecule has 1 aliphatic rings. The molecule has 0 bridgehead atoms. The largest absolute Gasteiger partial charge is 0.353 e. The molecule has 1 aromatic carbocycles. The van der Waals surface area contributed by atoms with Gasteiger partial charge in [0, 0.05) is 31.9 Å². The number of imidazole rings is 1. The molecule has 1 aliphatic heterocycles. The van der Waals surface area contributed by atoms with E-state index in [4.69, 9.17) is 0 Å². The minimum Gasteiger partial charge on any atom is -0.353 e. The zero-order valence-electron chi connectivity index (χ0n) is 18.4. The minimum atomic E-state index is -0.130. The summed E-state index contributed by atoms with van der Waals surface area (Å²) in [6.45, 7) is 12.8. The monoisotopic (exact) mass is 406 g/mol. The molecule has 1 atom stereocenters. The summed E-state index contributed by atoms with van der Waals surface area (Å²) >= 11 is 0. The van der Waals surface area contributed by atoms with E-state index in [0.717, 1.165) is 35.5 Å². The van der Waals surface area contributed by atoms with Crippen LogP contribution in [-0.2, 0) is 5.41 Å². The number of carbonyl (C=O) groups is 1. The van der Waals surface area contributed by atoms with Gasteiger partial charge in [-0.1, -0.05) is 32.9 Å². The summed E-state index contributed by atoms with van der Waals surface area (Å²) in [6, 6.07) is 10.2. The Morgan fingerprint density at radius 3 is 2.73 bits per heavy atom. The van der Waals surface area contributed by atoms with Crippen molar-refractivity contribution in [3.8, 4) is 0 Å². The van der Waals surface area contributed by atoms with Crippen molar-refractivity contribution in [2.75, 3.05) is 29.9 Å². The highest BCUT2D eigenvalue weighted by Crippen LogP contribution is 2.26. The number of nitrogens with one attached hydrogen (secondary N) is 2. The standard InChI is InChI=1S/C23H30N6O/c1-15-7-6-10-24-20(15)28-11-12-29(16(2)14-28)22(30)27-21-25-18-9-8-17(23(3,4)5)13-19(18)26-21/h6-10,13,16H,11-12,14H2,1-5H3,(H2,25,26,27,30)/t16-/m1/s1. The molecular weight excluding hydrogens is 376 g/mol. The van der Waals surface area contributed by atoms with Crippen LogP contribution in [0.2, 0.25) is 0 Å². The second-order valence-corrected chi connectivity index (χ2v) is 9.13. The molecule has 1 saturated heterocycles. The Bertz CT molecular complexity index is 1070. The molecule has 2 N–H and O–H groups in total. The minimum absolute atomic E-state index is 0.0593. The molecule has 3 heterocycles. The zero-order valence-corrected chi connectivity index (χ0v) is 18.4. The summed E-state index contributed by atoms with van der Waals surface area (Å²) in [6.07, 6.45) is 1.82. The van der Waals surface area contributed by atoms with Crippen molar-refractivity contribution in [3.63, 3.8) is 0 Å². The van der Waals surface area contributed by atoms with E-state index in [9.17, 15) is 4.79 Å². The number of rotatable bonds is 2. The van der Waals surface area contributed by atoms with Crippen LogP contribution in [0.1, 0.15) is 38.8 Å². The molecule has 1 fully saturated rings. The number of urea groups is 1. The van der Waals surface area contributed by atoms with Gasteiger partial charge in [-0.2, -0.15) is 0 Å². The van der Waals surface area contributed by atoms with Crippen molar-refractivity contribution in [2.45, 2.75) is 46.1 Å². The van der Waals surface area contributed by atoms with Crippen molar-refractivity contribution in [1.29, 1.82) is 0 Å². The fraction of sp³-hybridized carbons (Fsp3) is 0.435. The summed E-state index contributed by atoms with van der Waals surface area (Å²) in [5, 5.41) is 2.94. The maximum absolute atomic E-state index is 12.9. The maximum Gasteiger partial charge on any atom is 0.324 e. The molecule has 0 aliphatic carbocycles. The number of hydrogen-bond acceptors (Lipinski definition) is 4. The van der Waals surface area contributed by atoms with Gasteiger partial charge in [0.25, 0.3) is 0 Å². The number of benzene rings is 1. The van der Waals surface area contributed by atoms with Crippen LogP contribution in [0.3, 0.4) is 0 Å². The summed E-state index contributed by atoms with van der Waals surface area (Å²) < 4.78 is 0. The van der Waals surface area contributed by atoms with E-state index in [2.05, 4.69) is 78.0 Å². The van der Waals surface area contributed by atoms with Gasteiger partial charge in [-0.3, -0.25) is 5.32 Å². The van der Waals surface area contributed by atoms with Gasteiger partial charge in [0.2, 0.25) is 5.95 Å². The van der Waals surface area contributed by atoms with Crippen LogP contribution in [0.5, 0.6) is 0 Å². The molecule has 7 nitrogen and oxygen atoms in total. The van der Waals surface area contributed by atoms with Crippen molar-refractivity contribution >= 4 is 28.8 Å². The third kappa shape index (κ3) is 3.97. The first-order valence-electron chi connectivity index (χ1n) is 10.5. The average molecular weight is 407 g/mol. The maximum atomic E-state index is 12.9. The van der Waals surface area contributed by atoms with Gasteiger partial charge in [-0.25, -0.2) is 14.8 Å². The Morgan fingerprint density at radius 2 is 2.03 bits per heavy atom. The Kier molecular flexibility index (Phi) is 5.13. The van der Waals surface area contributed by atoms with E-state index in [1.807, 2.05) is 23.2 Å². The van der Waals surface area contributed by atoms with Gasteiger partial charge in [-0.05, 0) is 48.6 Å². The van der Waals surface area contributed by atoms with Crippen molar-refractivity contribution in [2.24, 2.45) is 0 Å². The normalized spacial score (nSPS) is 17.4. The van der Waals surface area contributed by atoms with Crippen LogP contribution >= 0.6 is 0 Å². The highest BCUT2D eigenvalue weighted by molar-refractivity contribution is 5.90. The number of hydrogen-bond donors (Lipinski definition) is 2. The van der Waals surface area contributed by atoms with Gasteiger partial charge in [-0.15, -0.1) is 0 Å². The number of carbonyl (C=O) groups excluding carboxylic acids is 1. The average Bonchev–Trinajstić information content (AvgIpc) is 3.08. The Morgan fingerprint density at radius 1 is 1.23 bits per heavy atom. The third-order valence-corrected chi connectivity index (χ3v) is 5.74. The third-order valence-electron chi connectivity index (χ3n) is 5.74. The Balaban J connectivity index is 1.45. The van der Waals surface area contributed by atoms with E-state index in [0.29, 0.717) is 12.5 Å². The number of aromatic amines is 1. The molecule has 4 rings (SSSR count). The quantitative estimate of drug-likeness (QED) is 0.665. The van der Waals surface area contributed by atoms with Gasteiger partial charge in [0.05, 0.1) is 11.0 Å². The summed E-state index contributed by atoms with van der Waals surface area (Å²) in [5.41, 5.74) is 4.22. The molecule has 0 unspecified atom stereocenters. The lowest BCUT2D eigenvalue weighted by Gasteiger charge is -2.40. The zero-order chi connectivity index (χ0) is 21.5. The van der Waals surface area contributed by atoms with Gasteiger partial charge in [0.1, 0.15) is 5.82 Å². The van der Waals surface area contributed by atoms with Crippen LogP contribution in [0, 0.1) is 6.92 Å². The van der Waals surface area contributed by atoms with E-state index >= 15 is 0 Å². The van der Waals surface area contributed by atoms with Crippen LogP contribution < -0.4 is 10.2 Å². The fourth-order valence-electron chi connectivity index (χ4n) is 3.97. The van der Waals surface area contributed by atoms with Gasteiger partial charge in [0.15, 0.2) is 0 Å². The summed E-state index contributed by atoms with van der Waals surface area (Å²) in [7, 11) is 0. The number of piperazine rings is 1. The SMILES string of the molecule is Cc1cccnc1N1CCN(C(=O)Nc2nc3ccc(C(C)(C)C)cc3[nH]2)[C@H](C)C1. The number of nitrogens with zero attached hydrogens (tertiary/aromatic N) is 4. The van der Waals surface area contributed by atoms with E-state index in [-0.39, 0.29) is 17.5 Å². The Hall–Kier alpha value is -3.09. The first-order chi connectivity index (χ1) is 14.2. The number of aromatic nitrogens is 3. The number of aryl methyl sites for hydroxylation is 1. The van der Waals surface area contributed by atoms with Crippen LogP contribution in [-0.4, -0.2) is 51.6 Å². The first kappa shape index (κ1) is 20.2. The lowest BCUT2D eigenvalue weighted by molar-refractivity contribution is 0.184. The highest BCUT2D eigenvalue weighted by Gasteiger charge is 2.29. The van der Waals surface area contributed by atoms with Crippen LogP contribution in [0.4, 0.5) is 16.6 Å². The molecular formula is C23H30N6O. The van der Waals surface area contributed by atoms with Crippen molar-refractivity contribution < 1.29 is 4.79 Å². The fourth-order valence-corrected chi connectivity index (χ4v) is 3.97.